The highest BCUT2D eigenvalue weighted by molar-refractivity contribution is 5.95. The summed E-state index contributed by atoms with van der Waals surface area (Å²) in [4.78, 5) is 27.1. The molecule has 3 aromatic rings. The van der Waals surface area contributed by atoms with Gasteiger partial charge in [0.05, 0.1) is 18.4 Å². The molecule has 0 saturated heterocycles. The Morgan fingerprint density at radius 2 is 1.96 bits per heavy atom. The minimum atomic E-state index is -0.127. The minimum Gasteiger partial charge on any atom is -0.469 e. The third-order valence-electron chi connectivity index (χ3n) is 4.75. The number of aromatic nitrogens is 3. The van der Waals surface area contributed by atoms with Crippen LogP contribution in [0.25, 0.3) is 0 Å². The van der Waals surface area contributed by atoms with E-state index >= 15 is 0 Å². The van der Waals surface area contributed by atoms with Gasteiger partial charge in [-0.15, -0.1) is 0 Å². The Morgan fingerprint density at radius 1 is 1.15 bits per heavy atom. The molecule has 0 N–H and O–H groups in total. The second-order valence-electron chi connectivity index (χ2n) is 6.43. The maximum atomic E-state index is 12.7. The van der Waals surface area contributed by atoms with Gasteiger partial charge >= 0.3 is 5.69 Å². The van der Waals surface area contributed by atoms with E-state index in [1.165, 1.54) is 10.9 Å². The Bertz CT molecular complexity index is 984. The molecule has 0 aliphatic carbocycles. The van der Waals surface area contributed by atoms with Gasteiger partial charge < -0.3 is 9.32 Å². The predicted octanol–water partition coefficient (Wildman–Crippen LogP) is 1.69. The molecule has 1 aliphatic rings. The van der Waals surface area contributed by atoms with Crippen LogP contribution in [0.1, 0.15) is 27.5 Å². The second kappa shape index (κ2) is 6.67. The molecule has 134 valence electrons. The van der Waals surface area contributed by atoms with Crippen molar-refractivity contribution in [1.82, 2.24) is 19.2 Å². The van der Waals surface area contributed by atoms with E-state index in [2.05, 4.69) is 5.10 Å². The van der Waals surface area contributed by atoms with Crippen molar-refractivity contribution >= 4 is 5.91 Å². The predicted molar refractivity (Wildman–Crippen MR) is 95.1 cm³/mol. The normalized spacial score (nSPS) is 14.1. The topological polar surface area (TPSA) is 73.3 Å². The lowest BCUT2D eigenvalue weighted by molar-refractivity contribution is 0.0756. The zero-order valence-corrected chi connectivity index (χ0v) is 14.6. The zero-order valence-electron chi connectivity index (χ0n) is 14.6. The molecule has 0 atom stereocenters. The van der Waals surface area contributed by atoms with Gasteiger partial charge in [0.1, 0.15) is 11.6 Å². The number of carbonyl (C=O) groups excluding carboxylic acids is 1. The van der Waals surface area contributed by atoms with E-state index < -0.39 is 0 Å². The van der Waals surface area contributed by atoms with Crippen LogP contribution in [0.5, 0.6) is 0 Å². The molecule has 0 fully saturated rings. The quantitative estimate of drug-likeness (QED) is 0.719. The molecule has 0 unspecified atom stereocenters. The van der Waals surface area contributed by atoms with Crippen LogP contribution in [0, 0.1) is 6.92 Å². The molecule has 0 saturated carbocycles. The van der Waals surface area contributed by atoms with Crippen molar-refractivity contribution < 1.29 is 9.21 Å². The maximum absolute atomic E-state index is 12.7. The van der Waals surface area contributed by atoms with Gasteiger partial charge in [-0.05, 0) is 18.6 Å². The SMILES string of the molecule is Cc1occc1C(=O)N1CCc2nn(Cc3ccccc3)c(=O)n2CC1. The number of hydrogen-bond donors (Lipinski definition) is 0. The summed E-state index contributed by atoms with van der Waals surface area (Å²) in [5.74, 6) is 1.28. The molecule has 26 heavy (non-hydrogen) atoms. The number of carbonyl (C=O) groups is 1. The molecule has 1 aromatic carbocycles. The average molecular weight is 352 g/mol. The largest absolute Gasteiger partial charge is 0.469 e. The summed E-state index contributed by atoms with van der Waals surface area (Å²) in [6.07, 6.45) is 2.08. The zero-order chi connectivity index (χ0) is 18.1. The van der Waals surface area contributed by atoms with Crippen molar-refractivity contribution in [2.24, 2.45) is 0 Å². The van der Waals surface area contributed by atoms with Crippen molar-refractivity contribution in [2.45, 2.75) is 26.4 Å². The van der Waals surface area contributed by atoms with E-state index in [0.29, 0.717) is 43.9 Å². The molecular weight excluding hydrogens is 332 g/mol. The molecule has 0 bridgehead atoms. The minimum absolute atomic E-state index is 0.0633. The third kappa shape index (κ3) is 2.96. The van der Waals surface area contributed by atoms with Gasteiger partial charge in [-0.3, -0.25) is 9.36 Å². The van der Waals surface area contributed by atoms with Crippen molar-refractivity contribution in [1.29, 1.82) is 0 Å². The van der Waals surface area contributed by atoms with Crippen LogP contribution in [0.2, 0.25) is 0 Å². The first-order valence-electron chi connectivity index (χ1n) is 8.67. The maximum Gasteiger partial charge on any atom is 0.346 e. The summed E-state index contributed by atoms with van der Waals surface area (Å²) in [5.41, 5.74) is 1.48. The third-order valence-corrected chi connectivity index (χ3v) is 4.75. The lowest BCUT2D eigenvalue weighted by Gasteiger charge is -2.19. The number of benzene rings is 1. The number of amides is 1. The summed E-state index contributed by atoms with van der Waals surface area (Å²) >= 11 is 0. The first-order chi connectivity index (χ1) is 12.6. The molecule has 1 amide bonds. The number of fused-ring (bicyclic) bond motifs is 1. The van der Waals surface area contributed by atoms with Gasteiger partial charge in [0.25, 0.3) is 5.91 Å². The van der Waals surface area contributed by atoms with Gasteiger partial charge in [0, 0.05) is 26.1 Å². The van der Waals surface area contributed by atoms with Crippen LogP contribution < -0.4 is 5.69 Å². The molecule has 0 spiro atoms. The van der Waals surface area contributed by atoms with Crippen molar-refractivity contribution in [3.8, 4) is 0 Å². The highest BCUT2D eigenvalue weighted by Gasteiger charge is 2.24. The van der Waals surface area contributed by atoms with Crippen molar-refractivity contribution in [2.75, 3.05) is 13.1 Å². The first kappa shape index (κ1) is 16.4. The van der Waals surface area contributed by atoms with Crippen LogP contribution in [0.3, 0.4) is 0 Å². The number of nitrogens with zero attached hydrogens (tertiary/aromatic N) is 4. The monoisotopic (exact) mass is 352 g/mol. The van der Waals surface area contributed by atoms with Crippen LogP contribution in [0.15, 0.2) is 51.9 Å². The van der Waals surface area contributed by atoms with Crippen LogP contribution in [-0.4, -0.2) is 38.2 Å². The Hall–Kier alpha value is -3.09. The van der Waals surface area contributed by atoms with Gasteiger partial charge in [0.2, 0.25) is 0 Å². The Labute approximate surface area is 150 Å². The summed E-state index contributed by atoms with van der Waals surface area (Å²) < 4.78 is 8.41. The molecule has 3 heterocycles. The second-order valence-corrected chi connectivity index (χ2v) is 6.43. The van der Waals surface area contributed by atoms with Crippen LogP contribution >= 0.6 is 0 Å². The van der Waals surface area contributed by atoms with E-state index in [1.54, 1.807) is 22.5 Å². The Balaban J connectivity index is 1.52. The summed E-state index contributed by atoms with van der Waals surface area (Å²) in [6.45, 7) is 3.69. The van der Waals surface area contributed by atoms with Crippen LogP contribution in [0.4, 0.5) is 0 Å². The summed E-state index contributed by atoms with van der Waals surface area (Å²) in [6, 6.07) is 11.5. The van der Waals surface area contributed by atoms with Crippen molar-refractivity contribution in [3.05, 3.63) is 75.9 Å². The molecule has 1 aliphatic heterocycles. The molecule has 7 heteroatoms. The number of hydrogen-bond acceptors (Lipinski definition) is 4. The van der Waals surface area contributed by atoms with E-state index in [-0.39, 0.29) is 11.6 Å². The smallest absolute Gasteiger partial charge is 0.346 e. The van der Waals surface area contributed by atoms with E-state index in [1.807, 2.05) is 30.3 Å². The average Bonchev–Trinajstić information content (AvgIpc) is 3.12. The van der Waals surface area contributed by atoms with E-state index in [9.17, 15) is 9.59 Å². The first-order valence-corrected chi connectivity index (χ1v) is 8.67. The highest BCUT2D eigenvalue weighted by Crippen LogP contribution is 2.14. The van der Waals surface area contributed by atoms with Gasteiger partial charge in [0.15, 0.2) is 0 Å². The fourth-order valence-corrected chi connectivity index (χ4v) is 3.30. The fraction of sp³-hybridized carbons (Fsp3) is 0.316. The molecule has 2 aromatic heterocycles. The molecule has 7 nitrogen and oxygen atoms in total. The standard InChI is InChI=1S/C19H20N4O3/c1-14-16(8-12-26-14)18(24)21-9-7-17-20-23(19(25)22(17)11-10-21)13-15-5-3-2-4-6-15/h2-6,8,12H,7,9-11,13H2,1H3. The summed E-state index contributed by atoms with van der Waals surface area (Å²) in [5, 5.41) is 4.49. The lowest BCUT2D eigenvalue weighted by Crippen LogP contribution is -2.35. The molecule has 4 rings (SSSR count). The Morgan fingerprint density at radius 3 is 2.69 bits per heavy atom. The van der Waals surface area contributed by atoms with Gasteiger partial charge in [-0.1, -0.05) is 30.3 Å². The number of aryl methyl sites for hydroxylation is 1. The molecule has 0 radical (unpaired) electrons. The molecular formula is C19H20N4O3. The number of furan rings is 1. The van der Waals surface area contributed by atoms with Gasteiger partial charge in [-0.25, -0.2) is 9.48 Å². The number of rotatable bonds is 3. The van der Waals surface area contributed by atoms with Gasteiger partial charge in [-0.2, -0.15) is 5.10 Å². The fourth-order valence-electron chi connectivity index (χ4n) is 3.30. The van der Waals surface area contributed by atoms with Crippen molar-refractivity contribution in [3.63, 3.8) is 0 Å². The summed E-state index contributed by atoms with van der Waals surface area (Å²) in [7, 11) is 0. The Kier molecular flexibility index (Phi) is 4.20. The van der Waals surface area contributed by atoms with E-state index in [0.717, 1.165) is 11.4 Å². The van der Waals surface area contributed by atoms with E-state index in [4.69, 9.17) is 4.42 Å². The van der Waals surface area contributed by atoms with Crippen LogP contribution in [-0.2, 0) is 19.5 Å². The lowest BCUT2D eigenvalue weighted by atomic mass is 10.2. The highest BCUT2D eigenvalue weighted by atomic mass is 16.3.